The van der Waals surface area contributed by atoms with Crippen molar-refractivity contribution in [2.75, 3.05) is 20.2 Å². The van der Waals surface area contributed by atoms with Crippen LogP contribution in [-0.2, 0) is 20.7 Å². The quantitative estimate of drug-likeness (QED) is 0.772. The molecular formula is C20H29ClN2O4. The monoisotopic (exact) mass is 396 g/mol. The maximum Gasteiger partial charge on any atom is 0.410 e. The molecule has 1 saturated heterocycles. The van der Waals surface area contributed by atoms with E-state index in [4.69, 9.17) is 21.1 Å². The fourth-order valence-electron chi connectivity index (χ4n) is 3.05. The third-order valence-electron chi connectivity index (χ3n) is 4.42. The molecule has 0 radical (unpaired) electrons. The average Bonchev–Trinajstić information content (AvgIpc) is 2.61. The van der Waals surface area contributed by atoms with Crippen LogP contribution in [0.1, 0.15) is 39.2 Å². The van der Waals surface area contributed by atoms with Gasteiger partial charge in [-0.1, -0.05) is 23.7 Å². The number of halogens is 1. The number of esters is 1. The molecule has 7 heteroatoms. The number of carbonyl (C=O) groups is 2. The van der Waals surface area contributed by atoms with Gasteiger partial charge in [-0.3, -0.25) is 4.79 Å². The minimum absolute atomic E-state index is 0.139. The van der Waals surface area contributed by atoms with Gasteiger partial charge < -0.3 is 19.7 Å². The van der Waals surface area contributed by atoms with Gasteiger partial charge in [0.15, 0.2) is 0 Å². The molecule has 1 amide bonds. The maximum atomic E-state index is 12.2. The van der Waals surface area contributed by atoms with Crippen molar-refractivity contribution in [1.29, 1.82) is 0 Å². The molecule has 0 spiro atoms. The van der Waals surface area contributed by atoms with E-state index in [9.17, 15) is 9.59 Å². The van der Waals surface area contributed by atoms with Crippen molar-refractivity contribution in [2.24, 2.45) is 0 Å². The normalized spacial score (nSPS) is 16.7. The van der Waals surface area contributed by atoms with Crippen LogP contribution < -0.4 is 5.32 Å². The fraction of sp³-hybridized carbons (Fsp3) is 0.600. The SMILES string of the molecule is COC(=O)C(Cc1ccc(Cl)cc1)NC1CCN(C(=O)OC(C)(C)C)CC1. The van der Waals surface area contributed by atoms with Gasteiger partial charge in [0.2, 0.25) is 0 Å². The zero-order chi connectivity index (χ0) is 20.0. The Kier molecular flexibility index (Phi) is 7.50. The highest BCUT2D eigenvalue weighted by atomic mass is 35.5. The first-order valence-corrected chi connectivity index (χ1v) is 9.62. The Morgan fingerprint density at radius 1 is 1.22 bits per heavy atom. The van der Waals surface area contributed by atoms with Crippen LogP contribution in [0, 0.1) is 0 Å². The van der Waals surface area contributed by atoms with Gasteiger partial charge in [0.05, 0.1) is 7.11 Å². The number of methoxy groups -OCH3 is 1. The molecular weight excluding hydrogens is 368 g/mol. The van der Waals surface area contributed by atoms with E-state index in [2.05, 4.69) is 5.32 Å². The maximum absolute atomic E-state index is 12.2. The summed E-state index contributed by atoms with van der Waals surface area (Å²) in [5, 5.41) is 4.05. The molecule has 150 valence electrons. The molecule has 0 saturated carbocycles. The predicted octanol–water partition coefficient (Wildman–Crippen LogP) is 3.41. The molecule has 1 aromatic carbocycles. The molecule has 27 heavy (non-hydrogen) atoms. The Balaban J connectivity index is 1.90. The molecule has 0 aliphatic carbocycles. The van der Waals surface area contributed by atoms with E-state index in [-0.39, 0.29) is 18.1 Å². The highest BCUT2D eigenvalue weighted by Crippen LogP contribution is 2.17. The van der Waals surface area contributed by atoms with Gasteiger partial charge in [0.25, 0.3) is 0 Å². The van der Waals surface area contributed by atoms with Crippen LogP contribution in [0.4, 0.5) is 4.79 Å². The number of carbonyl (C=O) groups excluding carboxylic acids is 2. The van der Waals surface area contributed by atoms with Crippen molar-refractivity contribution in [3.8, 4) is 0 Å². The van der Waals surface area contributed by atoms with Crippen LogP contribution in [0.25, 0.3) is 0 Å². The van der Waals surface area contributed by atoms with E-state index in [1.54, 1.807) is 4.90 Å². The van der Waals surface area contributed by atoms with Crippen molar-refractivity contribution in [3.05, 3.63) is 34.9 Å². The summed E-state index contributed by atoms with van der Waals surface area (Å²) in [5.74, 6) is -0.292. The number of piperidine rings is 1. The summed E-state index contributed by atoms with van der Waals surface area (Å²) in [6.07, 6.45) is 1.75. The van der Waals surface area contributed by atoms with Gasteiger partial charge in [0, 0.05) is 24.2 Å². The van der Waals surface area contributed by atoms with E-state index in [1.165, 1.54) is 7.11 Å². The smallest absolute Gasteiger partial charge is 0.410 e. The van der Waals surface area contributed by atoms with E-state index >= 15 is 0 Å². The largest absolute Gasteiger partial charge is 0.468 e. The number of hydrogen-bond acceptors (Lipinski definition) is 5. The molecule has 1 atom stereocenters. The molecule has 1 aliphatic rings. The summed E-state index contributed by atoms with van der Waals surface area (Å²) in [6, 6.07) is 7.14. The lowest BCUT2D eigenvalue weighted by Gasteiger charge is -2.35. The zero-order valence-electron chi connectivity index (χ0n) is 16.5. The summed E-state index contributed by atoms with van der Waals surface area (Å²) in [5.41, 5.74) is 0.509. The number of nitrogens with zero attached hydrogens (tertiary/aromatic N) is 1. The lowest BCUT2D eigenvalue weighted by atomic mass is 10.0. The molecule has 1 aliphatic heterocycles. The summed E-state index contributed by atoms with van der Waals surface area (Å²) >= 11 is 5.92. The second-order valence-corrected chi connectivity index (χ2v) is 8.25. The summed E-state index contributed by atoms with van der Waals surface area (Å²) in [7, 11) is 1.39. The zero-order valence-corrected chi connectivity index (χ0v) is 17.2. The Bertz CT molecular complexity index is 634. The molecule has 1 aromatic rings. The molecule has 0 aromatic heterocycles. The second kappa shape index (κ2) is 9.42. The minimum atomic E-state index is -0.499. The van der Waals surface area contributed by atoms with Crippen LogP contribution in [0.15, 0.2) is 24.3 Å². The number of benzene rings is 1. The van der Waals surface area contributed by atoms with Gasteiger partial charge in [0.1, 0.15) is 11.6 Å². The number of amides is 1. The standard InChI is InChI=1S/C20H29ClN2O4/c1-20(2,3)27-19(25)23-11-9-16(10-12-23)22-17(18(24)26-4)13-14-5-7-15(21)8-6-14/h5-8,16-17,22H,9-13H2,1-4H3. The highest BCUT2D eigenvalue weighted by Gasteiger charge is 2.29. The first kappa shape index (κ1) is 21.5. The minimum Gasteiger partial charge on any atom is -0.468 e. The topological polar surface area (TPSA) is 67.9 Å². The van der Waals surface area contributed by atoms with Crippen molar-refractivity contribution in [1.82, 2.24) is 10.2 Å². The van der Waals surface area contributed by atoms with Crippen LogP contribution >= 0.6 is 11.6 Å². The number of nitrogens with one attached hydrogen (secondary N) is 1. The van der Waals surface area contributed by atoms with Crippen molar-refractivity contribution in [2.45, 2.75) is 57.7 Å². The Morgan fingerprint density at radius 2 is 1.81 bits per heavy atom. The average molecular weight is 397 g/mol. The Hall–Kier alpha value is -1.79. The number of ether oxygens (including phenoxy) is 2. The van der Waals surface area contributed by atoms with E-state index in [0.29, 0.717) is 24.5 Å². The fourth-order valence-corrected chi connectivity index (χ4v) is 3.17. The Morgan fingerprint density at radius 3 is 2.33 bits per heavy atom. The molecule has 6 nitrogen and oxygen atoms in total. The van der Waals surface area contributed by atoms with Gasteiger partial charge in [-0.25, -0.2) is 4.79 Å². The van der Waals surface area contributed by atoms with Crippen LogP contribution in [0.5, 0.6) is 0 Å². The molecule has 1 N–H and O–H groups in total. The van der Waals surface area contributed by atoms with Crippen LogP contribution in [-0.4, -0.2) is 54.8 Å². The number of hydrogen-bond donors (Lipinski definition) is 1. The molecule has 1 fully saturated rings. The van der Waals surface area contributed by atoms with Crippen molar-refractivity contribution in [3.63, 3.8) is 0 Å². The lowest BCUT2D eigenvalue weighted by molar-refractivity contribution is -0.143. The third kappa shape index (κ3) is 7.03. The van der Waals surface area contributed by atoms with E-state index in [0.717, 1.165) is 18.4 Å². The molecule has 0 bridgehead atoms. The predicted molar refractivity (Wildman–Crippen MR) is 105 cm³/mol. The first-order chi connectivity index (χ1) is 12.7. The summed E-state index contributed by atoms with van der Waals surface area (Å²) < 4.78 is 10.4. The van der Waals surface area contributed by atoms with E-state index < -0.39 is 11.6 Å². The second-order valence-electron chi connectivity index (χ2n) is 7.81. The van der Waals surface area contributed by atoms with E-state index in [1.807, 2.05) is 45.0 Å². The van der Waals surface area contributed by atoms with Gasteiger partial charge in [-0.05, 0) is 57.7 Å². The summed E-state index contributed by atoms with van der Waals surface area (Å²) in [6.45, 7) is 6.77. The third-order valence-corrected chi connectivity index (χ3v) is 4.67. The lowest BCUT2D eigenvalue weighted by Crippen LogP contribution is -2.51. The number of likely N-dealkylation sites (tertiary alicyclic amines) is 1. The van der Waals surface area contributed by atoms with Crippen LogP contribution in [0.3, 0.4) is 0 Å². The first-order valence-electron chi connectivity index (χ1n) is 9.24. The van der Waals surface area contributed by atoms with Gasteiger partial charge in [-0.2, -0.15) is 0 Å². The van der Waals surface area contributed by atoms with Crippen molar-refractivity contribution < 1.29 is 19.1 Å². The van der Waals surface area contributed by atoms with Crippen LogP contribution in [0.2, 0.25) is 5.02 Å². The molecule has 1 heterocycles. The van der Waals surface area contributed by atoms with Crippen molar-refractivity contribution >= 4 is 23.7 Å². The highest BCUT2D eigenvalue weighted by molar-refractivity contribution is 6.30. The molecule has 1 unspecified atom stereocenters. The number of rotatable bonds is 5. The Labute approximate surface area is 166 Å². The van der Waals surface area contributed by atoms with Gasteiger partial charge >= 0.3 is 12.1 Å². The molecule has 2 rings (SSSR count). The van der Waals surface area contributed by atoms with Gasteiger partial charge in [-0.15, -0.1) is 0 Å². The summed E-state index contributed by atoms with van der Waals surface area (Å²) in [4.78, 5) is 26.1.